The predicted octanol–water partition coefficient (Wildman–Crippen LogP) is 3.44. The summed E-state index contributed by atoms with van der Waals surface area (Å²) in [4.78, 5) is 13.5. The zero-order valence-corrected chi connectivity index (χ0v) is 14.3. The second-order valence-corrected chi connectivity index (χ2v) is 6.93. The van der Waals surface area contributed by atoms with Crippen LogP contribution < -0.4 is 16.8 Å². The van der Waals surface area contributed by atoms with Crippen molar-refractivity contribution in [2.75, 3.05) is 17.6 Å². The fraction of sp³-hybridized carbons (Fsp3) is 0.250. The molecule has 1 aromatic carbocycles. The highest BCUT2D eigenvalue weighted by Gasteiger charge is 2.22. The molecule has 0 radical (unpaired) electrons. The maximum Gasteiger partial charge on any atom is 0.232 e. The van der Waals surface area contributed by atoms with Crippen molar-refractivity contribution >= 4 is 45.9 Å². The van der Waals surface area contributed by atoms with Gasteiger partial charge in [-0.1, -0.05) is 11.6 Å². The summed E-state index contributed by atoms with van der Waals surface area (Å²) in [6.45, 7) is 2.06. The first-order valence-electron chi connectivity index (χ1n) is 7.13. The van der Waals surface area contributed by atoms with Crippen LogP contribution in [0.1, 0.15) is 29.7 Å². The molecule has 23 heavy (non-hydrogen) atoms. The normalized spacial score (nSPS) is 12.0. The van der Waals surface area contributed by atoms with Gasteiger partial charge in [0.1, 0.15) is 0 Å². The van der Waals surface area contributed by atoms with Crippen molar-refractivity contribution < 1.29 is 4.79 Å². The van der Waals surface area contributed by atoms with Gasteiger partial charge in [-0.2, -0.15) is 0 Å². The molecule has 7 heteroatoms. The maximum absolute atomic E-state index is 12.6. The van der Waals surface area contributed by atoms with Crippen LogP contribution in [0.2, 0.25) is 4.34 Å². The summed E-state index contributed by atoms with van der Waals surface area (Å²) in [5, 5.41) is 10.6. The van der Waals surface area contributed by atoms with Crippen LogP contribution in [0.25, 0.3) is 0 Å². The Hall–Kier alpha value is -1.89. The Balaban J connectivity index is 2.22. The molecule has 0 spiro atoms. The number of nitrogens with two attached hydrogens (primary N) is 2. The van der Waals surface area contributed by atoms with Crippen molar-refractivity contribution in [2.45, 2.75) is 19.3 Å². The van der Waals surface area contributed by atoms with E-state index in [0.717, 1.165) is 4.88 Å². The molecule has 0 aliphatic carbocycles. The van der Waals surface area contributed by atoms with Gasteiger partial charge in [-0.3, -0.25) is 4.79 Å². The first kappa shape index (κ1) is 17.5. The van der Waals surface area contributed by atoms with Crippen LogP contribution in [0.5, 0.6) is 0 Å². The van der Waals surface area contributed by atoms with Gasteiger partial charge in [0.2, 0.25) is 5.91 Å². The Morgan fingerprint density at radius 3 is 2.70 bits per heavy atom. The smallest absolute Gasteiger partial charge is 0.232 e. The minimum Gasteiger partial charge on any atom is -0.398 e. The number of rotatable bonds is 6. The van der Waals surface area contributed by atoms with E-state index in [1.165, 1.54) is 11.3 Å². The number of amides is 1. The van der Waals surface area contributed by atoms with E-state index in [2.05, 4.69) is 5.32 Å². The van der Waals surface area contributed by atoms with Crippen molar-refractivity contribution in [1.82, 2.24) is 0 Å². The zero-order chi connectivity index (χ0) is 17.0. The molecule has 0 bridgehead atoms. The number of carbonyl (C=O) groups excluding carboxylic acids is 1. The number of carbonyl (C=O) groups is 1. The van der Waals surface area contributed by atoms with E-state index in [-0.39, 0.29) is 11.8 Å². The monoisotopic (exact) mass is 350 g/mol. The number of halogens is 1. The first-order valence-corrected chi connectivity index (χ1v) is 8.33. The van der Waals surface area contributed by atoms with E-state index >= 15 is 0 Å². The number of hydrogen-bond donors (Lipinski definition) is 4. The summed E-state index contributed by atoms with van der Waals surface area (Å²) in [7, 11) is 0. The fourth-order valence-corrected chi connectivity index (χ4v) is 3.47. The van der Waals surface area contributed by atoms with E-state index in [4.69, 9.17) is 28.5 Å². The third-order valence-electron chi connectivity index (χ3n) is 3.43. The average Bonchev–Trinajstić information content (AvgIpc) is 2.92. The Kier molecular flexibility index (Phi) is 5.76. The molecule has 1 atom stereocenters. The van der Waals surface area contributed by atoms with Gasteiger partial charge in [0.15, 0.2) is 0 Å². The highest BCUT2D eigenvalue weighted by Crippen LogP contribution is 2.31. The van der Waals surface area contributed by atoms with Crippen molar-refractivity contribution in [2.24, 2.45) is 5.73 Å². The number of thiophene rings is 1. The molecule has 0 saturated carbocycles. The second-order valence-electron chi connectivity index (χ2n) is 5.19. The Morgan fingerprint density at radius 1 is 1.39 bits per heavy atom. The molecule has 1 unspecified atom stereocenters. The molecule has 2 rings (SSSR count). The number of hydrogen-bond acceptors (Lipinski definition) is 5. The van der Waals surface area contributed by atoms with Crippen molar-refractivity contribution in [3.63, 3.8) is 0 Å². The molecule has 6 N–H and O–H groups in total. The van der Waals surface area contributed by atoms with Gasteiger partial charge in [-0.25, -0.2) is 0 Å². The van der Waals surface area contributed by atoms with Crippen molar-refractivity contribution in [3.8, 4) is 0 Å². The van der Waals surface area contributed by atoms with Gasteiger partial charge < -0.3 is 22.2 Å². The Labute approximate surface area is 144 Å². The molecule has 0 aliphatic heterocycles. The highest BCUT2D eigenvalue weighted by molar-refractivity contribution is 7.16. The molecule has 1 amide bonds. The van der Waals surface area contributed by atoms with Crippen LogP contribution in [-0.2, 0) is 4.79 Å². The summed E-state index contributed by atoms with van der Waals surface area (Å²) in [5.74, 6) is -0.494. The lowest BCUT2D eigenvalue weighted by Crippen LogP contribution is -2.23. The molecule has 122 valence electrons. The minimum absolute atomic E-state index is 0.146. The van der Waals surface area contributed by atoms with Gasteiger partial charge in [-0.15, -0.1) is 11.3 Å². The van der Waals surface area contributed by atoms with E-state index in [0.29, 0.717) is 40.0 Å². The van der Waals surface area contributed by atoms with Gasteiger partial charge in [0.25, 0.3) is 0 Å². The van der Waals surface area contributed by atoms with E-state index < -0.39 is 0 Å². The van der Waals surface area contributed by atoms with Crippen molar-refractivity contribution in [1.29, 1.82) is 5.41 Å². The maximum atomic E-state index is 12.6. The topological polar surface area (TPSA) is 105 Å². The molecule has 5 nitrogen and oxygen atoms in total. The fourth-order valence-electron chi connectivity index (χ4n) is 2.27. The van der Waals surface area contributed by atoms with Crippen LogP contribution in [0.15, 0.2) is 30.3 Å². The van der Waals surface area contributed by atoms with E-state index in [9.17, 15) is 4.79 Å². The summed E-state index contributed by atoms with van der Waals surface area (Å²) in [5.41, 5.74) is 13.6. The van der Waals surface area contributed by atoms with Crippen LogP contribution in [0.4, 0.5) is 11.4 Å². The third kappa shape index (κ3) is 4.31. The lowest BCUT2D eigenvalue weighted by Gasteiger charge is -2.15. The highest BCUT2D eigenvalue weighted by atomic mass is 35.5. The van der Waals surface area contributed by atoms with Crippen LogP contribution in [-0.4, -0.2) is 18.2 Å². The second kappa shape index (κ2) is 7.59. The number of anilines is 2. The molecule has 0 aliphatic rings. The van der Waals surface area contributed by atoms with Gasteiger partial charge in [-0.05, 0) is 50.2 Å². The summed E-state index contributed by atoms with van der Waals surface area (Å²) in [6, 6.07) is 8.74. The average molecular weight is 351 g/mol. The lowest BCUT2D eigenvalue weighted by molar-refractivity contribution is -0.117. The van der Waals surface area contributed by atoms with Crippen molar-refractivity contribution in [3.05, 3.63) is 45.1 Å². The minimum atomic E-state index is -0.348. The molecule has 2 aromatic rings. The van der Waals surface area contributed by atoms with Crippen LogP contribution >= 0.6 is 22.9 Å². The number of nitrogens with one attached hydrogen (secondary N) is 2. The Morgan fingerprint density at radius 2 is 2.13 bits per heavy atom. The van der Waals surface area contributed by atoms with Gasteiger partial charge in [0.05, 0.1) is 10.3 Å². The molecule has 0 saturated heterocycles. The molecule has 0 fully saturated rings. The first-order chi connectivity index (χ1) is 10.9. The molecule has 1 aromatic heterocycles. The van der Waals surface area contributed by atoms with Crippen LogP contribution in [0, 0.1) is 5.41 Å². The quantitative estimate of drug-likeness (QED) is 0.473. The summed E-state index contributed by atoms with van der Waals surface area (Å²) in [6.07, 6.45) is 0.536. The predicted molar refractivity (Wildman–Crippen MR) is 97.7 cm³/mol. The SMILES string of the molecule is CC(=N)c1cc(NC(=O)C(CCN)c2ccc(Cl)s2)ccc1N. The summed E-state index contributed by atoms with van der Waals surface area (Å²) < 4.78 is 0.643. The third-order valence-corrected chi connectivity index (χ3v) is 4.78. The van der Waals surface area contributed by atoms with Crippen LogP contribution in [0.3, 0.4) is 0 Å². The Bertz CT molecular complexity index is 729. The zero-order valence-electron chi connectivity index (χ0n) is 12.7. The molecular formula is C16H19ClN4OS. The van der Waals surface area contributed by atoms with E-state index in [1.807, 2.05) is 6.07 Å². The molecular weight excluding hydrogens is 332 g/mol. The molecule has 1 heterocycles. The number of nitrogen functional groups attached to an aromatic ring is 1. The lowest BCUT2D eigenvalue weighted by atomic mass is 10.0. The van der Waals surface area contributed by atoms with E-state index in [1.54, 1.807) is 31.2 Å². The standard InChI is InChI=1S/C16H19ClN4OS/c1-9(19)12-8-10(2-3-13(12)20)21-16(22)11(6-7-18)14-4-5-15(17)23-14/h2-5,8,11,19H,6-7,18,20H2,1H3,(H,21,22). The largest absolute Gasteiger partial charge is 0.398 e. The summed E-state index contributed by atoms with van der Waals surface area (Å²) >= 11 is 7.34. The number of benzene rings is 1. The van der Waals surface area contributed by atoms with Gasteiger partial charge in [0, 0.05) is 27.5 Å². The van der Waals surface area contributed by atoms with Gasteiger partial charge >= 0.3 is 0 Å².